The van der Waals surface area contributed by atoms with Gasteiger partial charge in [-0.25, -0.2) is 9.97 Å². The molecule has 2 aromatic carbocycles. The van der Waals surface area contributed by atoms with E-state index in [9.17, 15) is 4.79 Å². The number of imidazole rings is 1. The maximum atomic E-state index is 12.7. The monoisotopic (exact) mass is 443 g/mol. The number of H-pyrrole nitrogens is 1. The number of nitrogens with zero attached hydrogens (tertiary/aromatic N) is 3. The fourth-order valence-electron chi connectivity index (χ4n) is 3.85. The molecule has 8 nitrogen and oxygen atoms in total. The van der Waals surface area contributed by atoms with Crippen molar-refractivity contribution in [1.29, 1.82) is 0 Å². The summed E-state index contributed by atoms with van der Waals surface area (Å²) in [5.41, 5.74) is 5.08. The summed E-state index contributed by atoms with van der Waals surface area (Å²) in [5, 5.41) is 2.94. The lowest BCUT2D eigenvalue weighted by Crippen LogP contribution is -2.23. The fourth-order valence-corrected chi connectivity index (χ4v) is 3.85. The number of nitrogens with one attached hydrogen (secondary N) is 2. The lowest BCUT2D eigenvalue weighted by atomic mass is 10.1. The van der Waals surface area contributed by atoms with Crippen LogP contribution in [0.1, 0.15) is 15.9 Å². The van der Waals surface area contributed by atoms with E-state index < -0.39 is 0 Å². The number of rotatable bonds is 7. The minimum atomic E-state index is -0.216. The third-order valence-electron chi connectivity index (χ3n) is 5.73. The van der Waals surface area contributed by atoms with Crippen LogP contribution in [0.5, 0.6) is 5.75 Å². The van der Waals surface area contributed by atoms with Crippen molar-refractivity contribution in [3.8, 4) is 17.1 Å². The molecular weight excluding hydrogens is 418 g/mol. The van der Waals surface area contributed by atoms with Gasteiger partial charge in [-0.3, -0.25) is 4.79 Å². The standard InChI is InChI=1S/C25H25N5O3/c1-30(10-12-32-2)23-8-4-18(15-26-23)25(31)27-19-5-6-20-21(14-19)29-24(28-20)17-3-7-22-16(13-17)9-11-33-22/h3-8,13-15H,9-12H2,1-2H3,(H,27,31)(H,28,29). The van der Waals surface area contributed by atoms with Crippen molar-refractivity contribution < 1.29 is 14.3 Å². The van der Waals surface area contributed by atoms with Crippen molar-refractivity contribution in [2.24, 2.45) is 0 Å². The van der Waals surface area contributed by atoms with Crippen LogP contribution in [0.2, 0.25) is 0 Å². The van der Waals surface area contributed by atoms with E-state index >= 15 is 0 Å². The van der Waals surface area contributed by atoms with Gasteiger partial charge in [0.05, 0.1) is 29.8 Å². The van der Waals surface area contributed by atoms with Gasteiger partial charge in [0.25, 0.3) is 5.91 Å². The molecule has 0 saturated carbocycles. The highest BCUT2D eigenvalue weighted by Crippen LogP contribution is 2.30. The second-order valence-electron chi connectivity index (χ2n) is 8.01. The number of anilines is 2. The van der Waals surface area contributed by atoms with Gasteiger partial charge in [0.1, 0.15) is 17.4 Å². The van der Waals surface area contributed by atoms with Gasteiger partial charge >= 0.3 is 0 Å². The van der Waals surface area contributed by atoms with Crippen LogP contribution in [0.15, 0.2) is 54.7 Å². The molecule has 0 radical (unpaired) electrons. The number of ether oxygens (including phenoxy) is 2. The van der Waals surface area contributed by atoms with Crippen molar-refractivity contribution in [2.75, 3.05) is 44.1 Å². The number of carbonyl (C=O) groups is 1. The van der Waals surface area contributed by atoms with Crippen molar-refractivity contribution in [2.45, 2.75) is 6.42 Å². The predicted octanol–water partition coefficient (Wildman–Crippen LogP) is 3.89. The Bertz CT molecular complexity index is 1300. The molecule has 2 N–H and O–H groups in total. The Balaban J connectivity index is 1.30. The molecule has 0 saturated heterocycles. The Morgan fingerprint density at radius 1 is 1.21 bits per heavy atom. The summed E-state index contributed by atoms with van der Waals surface area (Å²) < 4.78 is 10.7. The zero-order valence-electron chi connectivity index (χ0n) is 18.6. The molecule has 1 amide bonds. The topological polar surface area (TPSA) is 92.4 Å². The van der Waals surface area contributed by atoms with E-state index in [4.69, 9.17) is 14.5 Å². The predicted molar refractivity (Wildman–Crippen MR) is 128 cm³/mol. The van der Waals surface area contributed by atoms with Crippen LogP contribution < -0.4 is 15.0 Å². The zero-order valence-corrected chi connectivity index (χ0v) is 18.6. The Kier molecular flexibility index (Phi) is 5.66. The van der Waals surface area contributed by atoms with Crippen LogP contribution in [0.3, 0.4) is 0 Å². The van der Waals surface area contributed by atoms with Crippen LogP contribution in [0.25, 0.3) is 22.4 Å². The first-order chi connectivity index (χ1) is 16.1. The summed E-state index contributed by atoms with van der Waals surface area (Å²) in [7, 11) is 3.60. The summed E-state index contributed by atoms with van der Waals surface area (Å²) in [6, 6.07) is 15.4. The lowest BCUT2D eigenvalue weighted by molar-refractivity contribution is 0.102. The molecule has 2 aromatic heterocycles. The van der Waals surface area contributed by atoms with Crippen molar-refractivity contribution in [3.63, 3.8) is 0 Å². The molecule has 0 unspecified atom stereocenters. The van der Waals surface area contributed by atoms with E-state index in [0.29, 0.717) is 17.9 Å². The first kappa shape index (κ1) is 21.0. The second kappa shape index (κ2) is 8.91. The van der Waals surface area contributed by atoms with Crippen molar-refractivity contribution >= 4 is 28.4 Å². The van der Waals surface area contributed by atoms with E-state index in [0.717, 1.165) is 53.6 Å². The van der Waals surface area contributed by atoms with Crippen LogP contribution >= 0.6 is 0 Å². The number of aromatic amines is 1. The van der Waals surface area contributed by atoms with Gasteiger partial charge in [-0.05, 0) is 54.1 Å². The SMILES string of the molecule is COCCN(C)c1ccc(C(=O)Nc2ccc3nc(-c4ccc5c(c4)CCO5)[nH]c3c2)cn1. The third-order valence-corrected chi connectivity index (χ3v) is 5.73. The molecule has 0 bridgehead atoms. The average molecular weight is 444 g/mol. The number of benzene rings is 2. The van der Waals surface area contributed by atoms with Crippen LogP contribution in [-0.4, -0.2) is 54.8 Å². The van der Waals surface area contributed by atoms with Crippen molar-refractivity contribution in [3.05, 3.63) is 65.9 Å². The summed E-state index contributed by atoms with van der Waals surface area (Å²) >= 11 is 0. The molecule has 8 heteroatoms. The van der Waals surface area contributed by atoms with Crippen LogP contribution in [-0.2, 0) is 11.2 Å². The number of hydrogen-bond acceptors (Lipinski definition) is 6. The van der Waals surface area contributed by atoms with E-state index in [1.165, 1.54) is 5.56 Å². The lowest BCUT2D eigenvalue weighted by Gasteiger charge is -2.17. The molecular formula is C25H25N5O3. The summed E-state index contributed by atoms with van der Waals surface area (Å²) in [6.07, 6.45) is 2.50. The molecule has 33 heavy (non-hydrogen) atoms. The van der Waals surface area contributed by atoms with Gasteiger partial charge in [-0.2, -0.15) is 0 Å². The molecule has 0 spiro atoms. The van der Waals surface area contributed by atoms with Crippen LogP contribution in [0, 0.1) is 0 Å². The molecule has 1 aliphatic rings. The van der Waals surface area contributed by atoms with Gasteiger partial charge < -0.3 is 24.7 Å². The van der Waals surface area contributed by atoms with E-state index in [1.54, 1.807) is 19.4 Å². The molecule has 0 atom stereocenters. The van der Waals surface area contributed by atoms with Crippen LogP contribution in [0.4, 0.5) is 11.5 Å². The Morgan fingerprint density at radius 2 is 2.12 bits per heavy atom. The number of hydrogen-bond donors (Lipinski definition) is 2. The van der Waals surface area contributed by atoms with Gasteiger partial charge in [-0.15, -0.1) is 0 Å². The highest BCUT2D eigenvalue weighted by atomic mass is 16.5. The summed E-state index contributed by atoms with van der Waals surface area (Å²) in [5.74, 6) is 2.31. The average Bonchev–Trinajstić information content (AvgIpc) is 3.48. The molecule has 168 valence electrons. The maximum Gasteiger partial charge on any atom is 0.257 e. The van der Waals surface area contributed by atoms with E-state index in [1.807, 2.05) is 48.3 Å². The van der Waals surface area contributed by atoms with E-state index in [-0.39, 0.29) is 5.91 Å². The molecule has 4 aromatic rings. The fraction of sp³-hybridized carbons (Fsp3) is 0.240. The Labute approximate surface area is 191 Å². The zero-order chi connectivity index (χ0) is 22.8. The number of fused-ring (bicyclic) bond motifs is 2. The van der Waals surface area contributed by atoms with Crippen molar-refractivity contribution in [1.82, 2.24) is 15.0 Å². The minimum absolute atomic E-state index is 0.216. The third kappa shape index (κ3) is 4.38. The second-order valence-corrected chi connectivity index (χ2v) is 8.01. The molecule has 1 aliphatic heterocycles. The molecule has 5 rings (SSSR count). The Hall–Kier alpha value is -3.91. The molecule has 0 aliphatic carbocycles. The number of carbonyl (C=O) groups excluding carboxylic acids is 1. The number of likely N-dealkylation sites (N-methyl/N-ethyl adjacent to an activating group) is 1. The summed E-state index contributed by atoms with van der Waals surface area (Å²) in [4.78, 5) is 27.1. The van der Waals surface area contributed by atoms with Gasteiger partial charge in [0.15, 0.2) is 0 Å². The molecule has 3 heterocycles. The first-order valence-electron chi connectivity index (χ1n) is 10.8. The Morgan fingerprint density at radius 3 is 2.94 bits per heavy atom. The molecule has 0 fully saturated rings. The number of pyridine rings is 1. The van der Waals surface area contributed by atoms with E-state index in [2.05, 4.69) is 21.4 Å². The van der Waals surface area contributed by atoms with Gasteiger partial charge in [0, 0.05) is 44.6 Å². The number of aromatic nitrogens is 3. The highest BCUT2D eigenvalue weighted by Gasteiger charge is 2.15. The van der Waals surface area contributed by atoms with Gasteiger partial charge in [-0.1, -0.05) is 0 Å². The minimum Gasteiger partial charge on any atom is -0.493 e. The smallest absolute Gasteiger partial charge is 0.257 e. The number of methoxy groups -OCH3 is 1. The number of amides is 1. The summed E-state index contributed by atoms with van der Waals surface area (Å²) in [6.45, 7) is 2.06. The first-order valence-corrected chi connectivity index (χ1v) is 10.8. The van der Waals surface area contributed by atoms with Gasteiger partial charge in [0.2, 0.25) is 0 Å². The quantitative estimate of drug-likeness (QED) is 0.450. The maximum absolute atomic E-state index is 12.7. The largest absolute Gasteiger partial charge is 0.493 e. The highest BCUT2D eigenvalue weighted by molar-refractivity contribution is 6.05. The normalized spacial score (nSPS) is 12.4.